The fraction of sp³-hybridized carbons (Fsp3) is 0.222. The van der Waals surface area contributed by atoms with Crippen molar-refractivity contribution >= 4 is 33.9 Å². The summed E-state index contributed by atoms with van der Waals surface area (Å²) in [5.74, 6) is -1.99. The molecule has 15 heavy (non-hydrogen) atoms. The highest BCUT2D eigenvalue weighted by Crippen LogP contribution is 2.26. The molecule has 5 nitrogen and oxygen atoms in total. The molecule has 0 atom stereocenters. The molecule has 0 unspecified atom stereocenters. The number of carbonyl (C=O) groups excluding carboxylic acids is 3. The van der Waals surface area contributed by atoms with Gasteiger partial charge in [0.1, 0.15) is 5.00 Å². The molecular weight excluding hydrogens is 216 g/mol. The van der Waals surface area contributed by atoms with Crippen molar-refractivity contribution in [1.82, 2.24) is 0 Å². The molecule has 0 fully saturated rings. The lowest BCUT2D eigenvalue weighted by atomic mass is 10.3. The molecule has 1 heterocycles. The molecule has 1 aromatic rings. The van der Waals surface area contributed by atoms with Crippen LogP contribution in [0.1, 0.15) is 22.2 Å². The van der Waals surface area contributed by atoms with Gasteiger partial charge in [0.15, 0.2) is 0 Å². The number of rotatable bonds is 3. The van der Waals surface area contributed by atoms with E-state index in [1.165, 1.54) is 11.3 Å². The fourth-order valence-electron chi connectivity index (χ4n) is 0.981. The van der Waals surface area contributed by atoms with Crippen LogP contribution in [-0.2, 0) is 9.59 Å². The lowest BCUT2D eigenvalue weighted by Crippen LogP contribution is -2.21. The Labute approximate surface area is 90.3 Å². The number of nitrogens with one attached hydrogen (secondary N) is 1. The van der Waals surface area contributed by atoms with Crippen LogP contribution in [0.15, 0.2) is 6.07 Å². The zero-order valence-corrected chi connectivity index (χ0v) is 9.10. The normalized spacial score (nSPS) is 9.73. The molecule has 1 rings (SSSR count). The van der Waals surface area contributed by atoms with Crippen molar-refractivity contribution in [2.24, 2.45) is 5.73 Å². The van der Waals surface area contributed by atoms with Crippen molar-refractivity contribution < 1.29 is 14.4 Å². The Bertz CT molecular complexity index is 437. The molecular formula is C9H10N2O3S. The van der Waals surface area contributed by atoms with Crippen molar-refractivity contribution in [2.75, 3.05) is 5.32 Å². The van der Waals surface area contributed by atoms with Gasteiger partial charge in [-0.1, -0.05) is 0 Å². The highest BCUT2D eigenvalue weighted by atomic mass is 32.1. The minimum Gasteiger partial charge on any atom is -0.366 e. The van der Waals surface area contributed by atoms with E-state index in [0.29, 0.717) is 5.00 Å². The second-order valence-electron chi connectivity index (χ2n) is 2.97. The first-order valence-electron chi connectivity index (χ1n) is 4.14. The van der Waals surface area contributed by atoms with E-state index in [0.717, 1.165) is 11.8 Å². The highest BCUT2D eigenvalue weighted by Gasteiger charge is 2.16. The third-order valence-electron chi connectivity index (χ3n) is 1.67. The number of Topliss-reactive ketones (excluding diaryl/α,β-unsaturated/α-hetero) is 1. The molecule has 3 N–H and O–H groups in total. The van der Waals surface area contributed by atoms with Gasteiger partial charge in [-0.05, 0) is 13.0 Å². The molecule has 1 aromatic heterocycles. The largest absolute Gasteiger partial charge is 0.366 e. The van der Waals surface area contributed by atoms with E-state index in [1.54, 1.807) is 13.0 Å². The van der Waals surface area contributed by atoms with Gasteiger partial charge < -0.3 is 11.1 Å². The van der Waals surface area contributed by atoms with E-state index in [4.69, 9.17) is 5.73 Å². The van der Waals surface area contributed by atoms with Crippen LogP contribution in [0.2, 0.25) is 0 Å². The third kappa shape index (κ3) is 2.63. The van der Waals surface area contributed by atoms with Gasteiger partial charge in [-0.2, -0.15) is 0 Å². The van der Waals surface area contributed by atoms with E-state index in [1.807, 2.05) is 0 Å². The fourth-order valence-corrected chi connectivity index (χ4v) is 1.89. The summed E-state index contributed by atoms with van der Waals surface area (Å²) in [6.45, 7) is 2.93. The maximum Gasteiger partial charge on any atom is 0.292 e. The van der Waals surface area contributed by atoms with E-state index in [-0.39, 0.29) is 5.56 Å². The van der Waals surface area contributed by atoms with Crippen molar-refractivity contribution in [2.45, 2.75) is 13.8 Å². The molecule has 0 aliphatic heterocycles. The van der Waals surface area contributed by atoms with Crippen molar-refractivity contribution in [3.63, 3.8) is 0 Å². The number of hydrogen-bond acceptors (Lipinski definition) is 4. The minimum atomic E-state index is -0.751. The lowest BCUT2D eigenvalue weighted by molar-refractivity contribution is -0.133. The molecule has 0 bridgehead atoms. The van der Waals surface area contributed by atoms with Crippen molar-refractivity contribution in [3.8, 4) is 0 Å². The Morgan fingerprint density at radius 2 is 2.00 bits per heavy atom. The van der Waals surface area contributed by atoms with Gasteiger partial charge in [0.05, 0.1) is 5.56 Å². The second-order valence-corrected chi connectivity index (χ2v) is 4.23. The van der Waals surface area contributed by atoms with Gasteiger partial charge >= 0.3 is 0 Å². The zero-order chi connectivity index (χ0) is 11.6. The van der Waals surface area contributed by atoms with E-state index < -0.39 is 17.6 Å². The maximum atomic E-state index is 11.1. The SMILES string of the molecule is CC(=O)C(=O)Nc1sc(C)cc1C(N)=O. The average molecular weight is 226 g/mol. The first-order chi connectivity index (χ1) is 6.91. The average Bonchev–Trinajstić information content (AvgIpc) is 2.46. The summed E-state index contributed by atoms with van der Waals surface area (Å²) in [6.07, 6.45) is 0. The predicted molar refractivity (Wildman–Crippen MR) is 56.9 cm³/mol. The standard InChI is InChI=1S/C9H10N2O3S/c1-4-3-6(7(10)13)9(15-4)11-8(14)5(2)12/h3H,1-2H3,(H2,10,13)(H,11,14). The van der Waals surface area contributed by atoms with E-state index >= 15 is 0 Å². The van der Waals surface area contributed by atoms with Gasteiger partial charge in [-0.15, -0.1) is 11.3 Å². The summed E-state index contributed by atoms with van der Waals surface area (Å²) in [5.41, 5.74) is 5.34. The predicted octanol–water partition coefficient (Wildman–Crippen LogP) is 0.683. The van der Waals surface area contributed by atoms with E-state index in [9.17, 15) is 14.4 Å². The number of amides is 2. The molecule has 0 saturated carbocycles. The monoisotopic (exact) mass is 226 g/mol. The van der Waals surface area contributed by atoms with Gasteiger partial charge in [0, 0.05) is 11.8 Å². The van der Waals surface area contributed by atoms with Crippen LogP contribution >= 0.6 is 11.3 Å². The number of thiophene rings is 1. The summed E-state index contributed by atoms with van der Waals surface area (Å²) < 4.78 is 0. The van der Waals surface area contributed by atoms with Crippen LogP contribution in [-0.4, -0.2) is 17.6 Å². The molecule has 0 radical (unpaired) electrons. The van der Waals surface area contributed by atoms with Crippen molar-refractivity contribution in [1.29, 1.82) is 0 Å². The summed E-state index contributed by atoms with van der Waals surface area (Å²) in [6, 6.07) is 1.57. The smallest absolute Gasteiger partial charge is 0.292 e. The zero-order valence-electron chi connectivity index (χ0n) is 8.29. The van der Waals surface area contributed by atoms with Crippen LogP contribution in [0.3, 0.4) is 0 Å². The number of aryl methyl sites for hydroxylation is 1. The number of hydrogen-bond donors (Lipinski definition) is 2. The Hall–Kier alpha value is -1.69. The van der Waals surface area contributed by atoms with Crippen LogP contribution in [0.5, 0.6) is 0 Å². The molecule has 0 aliphatic carbocycles. The van der Waals surface area contributed by atoms with Crippen LogP contribution in [0.25, 0.3) is 0 Å². The number of anilines is 1. The molecule has 0 aliphatic rings. The molecule has 6 heteroatoms. The molecule has 0 saturated heterocycles. The molecule has 80 valence electrons. The Kier molecular flexibility index (Phi) is 3.21. The lowest BCUT2D eigenvalue weighted by Gasteiger charge is -2.00. The Morgan fingerprint density at radius 3 is 2.47 bits per heavy atom. The van der Waals surface area contributed by atoms with Crippen LogP contribution < -0.4 is 11.1 Å². The minimum absolute atomic E-state index is 0.229. The number of ketones is 1. The molecule has 2 amide bonds. The quantitative estimate of drug-likeness (QED) is 0.743. The first-order valence-corrected chi connectivity index (χ1v) is 4.95. The summed E-state index contributed by atoms with van der Waals surface area (Å²) in [5, 5.41) is 2.66. The maximum absolute atomic E-state index is 11.1. The number of carbonyl (C=O) groups is 3. The molecule has 0 aromatic carbocycles. The first kappa shape index (κ1) is 11.4. The Morgan fingerprint density at radius 1 is 1.40 bits per heavy atom. The second kappa shape index (κ2) is 4.22. The Balaban J connectivity index is 2.99. The van der Waals surface area contributed by atoms with Gasteiger partial charge in [-0.25, -0.2) is 0 Å². The molecule has 0 spiro atoms. The third-order valence-corrected chi connectivity index (χ3v) is 2.63. The highest BCUT2D eigenvalue weighted by molar-refractivity contribution is 7.16. The summed E-state index contributed by atoms with van der Waals surface area (Å²) in [7, 11) is 0. The van der Waals surface area contributed by atoms with Gasteiger partial charge in [0.25, 0.3) is 11.8 Å². The number of nitrogens with two attached hydrogens (primary N) is 1. The summed E-state index contributed by atoms with van der Waals surface area (Å²) >= 11 is 1.20. The summed E-state index contributed by atoms with van der Waals surface area (Å²) in [4.78, 5) is 33.6. The van der Waals surface area contributed by atoms with E-state index in [2.05, 4.69) is 5.32 Å². The van der Waals surface area contributed by atoms with Crippen LogP contribution in [0, 0.1) is 6.92 Å². The van der Waals surface area contributed by atoms with Crippen LogP contribution in [0.4, 0.5) is 5.00 Å². The van der Waals surface area contributed by atoms with Gasteiger partial charge in [-0.3, -0.25) is 14.4 Å². The number of primary amides is 1. The van der Waals surface area contributed by atoms with Gasteiger partial charge in [0.2, 0.25) is 5.78 Å². The van der Waals surface area contributed by atoms with Crippen molar-refractivity contribution in [3.05, 3.63) is 16.5 Å². The topological polar surface area (TPSA) is 89.3 Å².